The fraction of sp³-hybridized carbons (Fsp3) is 0.353. The number of para-hydroxylation sites is 1. The van der Waals surface area contributed by atoms with E-state index in [1.54, 1.807) is 16.7 Å². The van der Waals surface area contributed by atoms with Crippen molar-refractivity contribution in [2.24, 2.45) is 0 Å². The van der Waals surface area contributed by atoms with E-state index in [9.17, 15) is 9.59 Å². The number of carbonyl (C=O) groups is 1. The Kier molecular flexibility index (Phi) is 4.81. The first-order chi connectivity index (χ1) is 11.2. The summed E-state index contributed by atoms with van der Waals surface area (Å²) in [6.45, 7) is 4.82. The zero-order valence-corrected chi connectivity index (χ0v) is 13.6. The number of benzene rings is 1. The predicted molar refractivity (Wildman–Crippen MR) is 92.7 cm³/mol. The van der Waals surface area contributed by atoms with Crippen molar-refractivity contribution in [3.8, 4) is 0 Å². The van der Waals surface area contributed by atoms with E-state index in [0.717, 1.165) is 25.8 Å². The molecule has 0 aliphatic carbocycles. The van der Waals surface area contributed by atoms with Gasteiger partial charge in [0.15, 0.2) is 5.16 Å². The van der Waals surface area contributed by atoms with Gasteiger partial charge < -0.3 is 5.32 Å². The molecule has 1 saturated heterocycles. The Morgan fingerprint density at radius 3 is 3.00 bits per heavy atom. The maximum atomic E-state index is 12.7. The quantitative estimate of drug-likeness (QED) is 0.691. The van der Waals surface area contributed by atoms with Crippen molar-refractivity contribution in [3.63, 3.8) is 0 Å². The summed E-state index contributed by atoms with van der Waals surface area (Å²) in [6.07, 6.45) is 4.46. The molecule has 2 aromatic rings. The van der Waals surface area contributed by atoms with Crippen molar-refractivity contribution in [1.82, 2.24) is 14.9 Å². The number of allylic oxidation sites excluding steroid dienone is 1. The molecule has 0 saturated carbocycles. The number of nitrogens with zero attached hydrogens (tertiary/aromatic N) is 2. The lowest BCUT2D eigenvalue weighted by molar-refractivity contribution is -0.120. The van der Waals surface area contributed by atoms with Crippen LogP contribution < -0.4 is 10.9 Å². The van der Waals surface area contributed by atoms with Crippen molar-refractivity contribution < 1.29 is 4.79 Å². The van der Waals surface area contributed by atoms with E-state index in [2.05, 4.69) is 16.9 Å². The highest BCUT2D eigenvalue weighted by molar-refractivity contribution is 8.00. The molecule has 6 heteroatoms. The van der Waals surface area contributed by atoms with Gasteiger partial charge in [-0.15, -0.1) is 6.58 Å². The van der Waals surface area contributed by atoms with E-state index >= 15 is 0 Å². The van der Waals surface area contributed by atoms with Gasteiger partial charge in [0, 0.05) is 13.1 Å². The summed E-state index contributed by atoms with van der Waals surface area (Å²) in [7, 11) is 0. The molecule has 1 atom stereocenters. The molecule has 0 spiro atoms. The van der Waals surface area contributed by atoms with E-state index in [1.807, 2.05) is 18.2 Å². The third-order valence-corrected chi connectivity index (χ3v) is 5.13. The number of nitrogens with one attached hydrogen (secondary N) is 1. The first-order valence-electron chi connectivity index (χ1n) is 7.75. The molecule has 1 N–H and O–H groups in total. The van der Waals surface area contributed by atoms with Gasteiger partial charge in [-0.25, -0.2) is 4.98 Å². The second kappa shape index (κ2) is 7.00. The Balaban J connectivity index is 2.04. The minimum Gasteiger partial charge on any atom is -0.355 e. The van der Waals surface area contributed by atoms with Crippen LogP contribution in [0, 0.1) is 0 Å². The Morgan fingerprint density at radius 2 is 2.17 bits per heavy atom. The number of carbonyl (C=O) groups excluding carboxylic acids is 1. The van der Waals surface area contributed by atoms with Crippen molar-refractivity contribution in [2.45, 2.75) is 36.2 Å². The van der Waals surface area contributed by atoms with Crippen molar-refractivity contribution >= 4 is 28.6 Å². The maximum absolute atomic E-state index is 12.7. The highest BCUT2D eigenvalue weighted by atomic mass is 32.2. The second-order valence-corrected chi connectivity index (χ2v) is 6.68. The van der Waals surface area contributed by atoms with Crippen molar-refractivity contribution in [3.05, 3.63) is 47.3 Å². The van der Waals surface area contributed by atoms with Crippen LogP contribution in [-0.2, 0) is 11.3 Å². The molecule has 1 unspecified atom stereocenters. The molecule has 1 aromatic heterocycles. The minimum atomic E-state index is -0.207. The van der Waals surface area contributed by atoms with Crippen LogP contribution in [-0.4, -0.2) is 27.3 Å². The lowest BCUT2D eigenvalue weighted by Gasteiger charge is -2.16. The summed E-state index contributed by atoms with van der Waals surface area (Å²) >= 11 is 1.37. The van der Waals surface area contributed by atoms with Crippen LogP contribution in [0.5, 0.6) is 0 Å². The normalized spacial score (nSPS) is 18.4. The number of fused-ring (bicyclic) bond motifs is 1. The van der Waals surface area contributed by atoms with Gasteiger partial charge in [-0.2, -0.15) is 0 Å². The third-order valence-electron chi connectivity index (χ3n) is 3.87. The summed E-state index contributed by atoms with van der Waals surface area (Å²) in [6, 6.07) is 7.29. The van der Waals surface area contributed by atoms with Crippen molar-refractivity contribution in [1.29, 1.82) is 0 Å². The van der Waals surface area contributed by atoms with Gasteiger partial charge >= 0.3 is 0 Å². The fourth-order valence-corrected chi connectivity index (χ4v) is 3.84. The van der Waals surface area contributed by atoms with Crippen LogP contribution >= 0.6 is 11.8 Å². The van der Waals surface area contributed by atoms with Crippen LogP contribution in [0.3, 0.4) is 0 Å². The number of amides is 1. The van der Waals surface area contributed by atoms with Gasteiger partial charge in [0.25, 0.3) is 5.56 Å². The molecule has 5 nitrogen and oxygen atoms in total. The average Bonchev–Trinajstić information content (AvgIpc) is 2.76. The molecule has 1 fully saturated rings. The van der Waals surface area contributed by atoms with Gasteiger partial charge in [0.1, 0.15) is 0 Å². The number of rotatable bonds is 4. The molecule has 1 aromatic carbocycles. The molecule has 0 bridgehead atoms. The smallest absolute Gasteiger partial charge is 0.262 e. The SMILES string of the molecule is C=CCn1c(SC2CCCCNC2=O)nc2ccccc2c1=O. The van der Waals surface area contributed by atoms with E-state index in [4.69, 9.17) is 0 Å². The number of thioether (sulfide) groups is 1. The van der Waals surface area contributed by atoms with E-state index in [0.29, 0.717) is 22.6 Å². The lowest BCUT2D eigenvalue weighted by atomic mass is 10.2. The number of hydrogen-bond donors (Lipinski definition) is 1. The summed E-state index contributed by atoms with van der Waals surface area (Å²) in [4.78, 5) is 29.5. The summed E-state index contributed by atoms with van der Waals surface area (Å²) in [5.41, 5.74) is 0.571. The molecule has 2 heterocycles. The molecule has 1 aliphatic heterocycles. The minimum absolute atomic E-state index is 0.0278. The Labute approximate surface area is 138 Å². The van der Waals surface area contributed by atoms with Crippen LogP contribution in [0.25, 0.3) is 10.9 Å². The lowest BCUT2D eigenvalue weighted by Crippen LogP contribution is -2.32. The fourth-order valence-electron chi connectivity index (χ4n) is 2.68. The first kappa shape index (κ1) is 15.8. The van der Waals surface area contributed by atoms with Gasteiger partial charge in [-0.3, -0.25) is 14.2 Å². The third kappa shape index (κ3) is 3.32. The molecule has 0 radical (unpaired) electrons. The van der Waals surface area contributed by atoms with Gasteiger partial charge in [-0.05, 0) is 25.0 Å². The monoisotopic (exact) mass is 329 g/mol. The molecule has 120 valence electrons. The van der Waals surface area contributed by atoms with Crippen LogP contribution in [0.15, 0.2) is 46.9 Å². The van der Waals surface area contributed by atoms with Crippen LogP contribution in [0.1, 0.15) is 19.3 Å². The average molecular weight is 329 g/mol. The largest absolute Gasteiger partial charge is 0.355 e. The van der Waals surface area contributed by atoms with E-state index in [-0.39, 0.29) is 16.7 Å². The summed E-state index contributed by atoms with van der Waals surface area (Å²) in [5.74, 6) is 0.0278. The highest BCUT2D eigenvalue weighted by Crippen LogP contribution is 2.27. The van der Waals surface area contributed by atoms with Gasteiger partial charge in [0.05, 0.1) is 16.2 Å². The second-order valence-electron chi connectivity index (χ2n) is 5.51. The molecule has 23 heavy (non-hydrogen) atoms. The summed E-state index contributed by atoms with van der Waals surface area (Å²) < 4.78 is 1.60. The molecule has 1 amide bonds. The Bertz CT molecular complexity index is 800. The molecule has 3 rings (SSSR count). The molecule has 1 aliphatic rings. The topological polar surface area (TPSA) is 64.0 Å². The number of aromatic nitrogens is 2. The van der Waals surface area contributed by atoms with Crippen molar-refractivity contribution in [2.75, 3.05) is 6.54 Å². The molecular weight excluding hydrogens is 310 g/mol. The predicted octanol–water partition coefficient (Wildman–Crippen LogP) is 2.34. The van der Waals surface area contributed by atoms with Gasteiger partial charge in [0.2, 0.25) is 5.91 Å². The Morgan fingerprint density at radius 1 is 1.35 bits per heavy atom. The van der Waals surface area contributed by atoms with Gasteiger partial charge in [-0.1, -0.05) is 36.4 Å². The van der Waals surface area contributed by atoms with Crippen LogP contribution in [0.4, 0.5) is 0 Å². The first-order valence-corrected chi connectivity index (χ1v) is 8.63. The Hall–Kier alpha value is -2.08. The number of hydrogen-bond acceptors (Lipinski definition) is 4. The zero-order valence-electron chi connectivity index (χ0n) is 12.8. The zero-order chi connectivity index (χ0) is 16.2. The van der Waals surface area contributed by atoms with Crippen LogP contribution in [0.2, 0.25) is 0 Å². The highest BCUT2D eigenvalue weighted by Gasteiger charge is 2.24. The van der Waals surface area contributed by atoms with E-state index < -0.39 is 0 Å². The standard InChI is InChI=1S/C17H19N3O2S/c1-2-11-20-16(22)12-7-3-4-8-13(12)19-17(20)23-14-9-5-6-10-18-15(14)21/h2-4,7-8,14H,1,5-6,9-11H2,(H,18,21). The van der Waals surface area contributed by atoms with E-state index in [1.165, 1.54) is 11.8 Å². The summed E-state index contributed by atoms with van der Waals surface area (Å²) in [5, 5.41) is 3.88. The maximum Gasteiger partial charge on any atom is 0.262 e. The molecular formula is C17H19N3O2S.